The smallest absolute Gasteiger partial charge is 0.363 e. The zero-order valence-corrected chi connectivity index (χ0v) is 12.6. The molecule has 0 saturated carbocycles. The first-order chi connectivity index (χ1) is 9.74. The van der Waals surface area contributed by atoms with E-state index in [0.29, 0.717) is 11.6 Å². The Labute approximate surface area is 130 Å². The number of hydrogen-bond acceptors (Lipinski definition) is 3. The molecular formula is C16H10INO2. The number of ether oxygens (including phenoxy) is 1. The number of halogens is 1. The lowest BCUT2D eigenvalue weighted by Gasteiger charge is -1.97. The third kappa shape index (κ3) is 2.65. The number of hydrogen-bond donors (Lipinski definition) is 0. The van der Waals surface area contributed by atoms with Crippen LogP contribution in [-0.4, -0.2) is 11.9 Å². The van der Waals surface area contributed by atoms with Gasteiger partial charge < -0.3 is 4.74 Å². The molecule has 4 heteroatoms. The van der Waals surface area contributed by atoms with Crippen LogP contribution in [-0.2, 0) is 9.53 Å². The van der Waals surface area contributed by atoms with Crippen molar-refractivity contribution < 1.29 is 9.53 Å². The topological polar surface area (TPSA) is 38.7 Å². The molecule has 0 amide bonds. The van der Waals surface area contributed by atoms with E-state index in [-0.39, 0.29) is 0 Å². The first-order valence-corrected chi connectivity index (χ1v) is 7.14. The van der Waals surface area contributed by atoms with Crippen LogP contribution < -0.4 is 0 Å². The fourth-order valence-corrected chi connectivity index (χ4v) is 2.40. The maximum atomic E-state index is 11.9. The van der Waals surface area contributed by atoms with Crippen LogP contribution in [0.2, 0.25) is 0 Å². The Morgan fingerprint density at radius 1 is 1.00 bits per heavy atom. The molecule has 98 valence electrons. The highest BCUT2D eigenvalue weighted by molar-refractivity contribution is 14.1. The van der Waals surface area contributed by atoms with E-state index in [4.69, 9.17) is 4.74 Å². The molecule has 0 unspecified atom stereocenters. The second-order valence-corrected chi connectivity index (χ2v) is 5.39. The van der Waals surface area contributed by atoms with Crippen LogP contribution in [0.25, 0.3) is 6.08 Å². The van der Waals surface area contributed by atoms with Crippen molar-refractivity contribution in [1.29, 1.82) is 0 Å². The van der Waals surface area contributed by atoms with Crippen molar-refractivity contribution in [2.75, 3.05) is 0 Å². The second-order valence-electron chi connectivity index (χ2n) is 4.22. The van der Waals surface area contributed by atoms with Gasteiger partial charge in [-0.1, -0.05) is 36.4 Å². The van der Waals surface area contributed by atoms with E-state index in [1.54, 1.807) is 6.08 Å². The third-order valence-electron chi connectivity index (χ3n) is 2.84. The van der Waals surface area contributed by atoms with E-state index < -0.39 is 5.97 Å². The summed E-state index contributed by atoms with van der Waals surface area (Å²) in [6.07, 6.45) is 1.75. The van der Waals surface area contributed by atoms with E-state index in [1.807, 2.05) is 54.6 Å². The molecule has 2 aromatic rings. The minimum Gasteiger partial charge on any atom is -0.402 e. The Morgan fingerprint density at radius 2 is 1.70 bits per heavy atom. The molecular weight excluding hydrogens is 365 g/mol. The molecule has 2 aromatic carbocycles. The highest BCUT2D eigenvalue weighted by atomic mass is 127. The van der Waals surface area contributed by atoms with Gasteiger partial charge in [0.15, 0.2) is 5.70 Å². The lowest BCUT2D eigenvalue weighted by atomic mass is 10.2. The Bertz CT molecular complexity index is 720. The highest BCUT2D eigenvalue weighted by Gasteiger charge is 2.24. The predicted octanol–water partition coefficient (Wildman–Crippen LogP) is 3.64. The van der Waals surface area contributed by atoms with Crippen molar-refractivity contribution in [3.05, 3.63) is 75.0 Å². The van der Waals surface area contributed by atoms with Gasteiger partial charge in [-0.15, -0.1) is 0 Å². The predicted molar refractivity (Wildman–Crippen MR) is 86.2 cm³/mol. The van der Waals surface area contributed by atoms with Crippen LogP contribution in [0.3, 0.4) is 0 Å². The van der Waals surface area contributed by atoms with E-state index >= 15 is 0 Å². The summed E-state index contributed by atoms with van der Waals surface area (Å²) < 4.78 is 6.28. The van der Waals surface area contributed by atoms with Gasteiger partial charge in [0.1, 0.15) is 0 Å². The van der Waals surface area contributed by atoms with Gasteiger partial charge in [-0.3, -0.25) is 0 Å². The molecule has 1 aliphatic heterocycles. The van der Waals surface area contributed by atoms with Crippen LogP contribution in [0.4, 0.5) is 0 Å². The molecule has 3 nitrogen and oxygen atoms in total. The average molecular weight is 375 g/mol. The Hall–Kier alpha value is -1.95. The molecule has 0 spiro atoms. The van der Waals surface area contributed by atoms with Gasteiger partial charge in [0.25, 0.3) is 0 Å². The summed E-state index contributed by atoms with van der Waals surface area (Å²) in [5.41, 5.74) is 2.08. The number of benzene rings is 2. The van der Waals surface area contributed by atoms with Crippen molar-refractivity contribution in [1.82, 2.24) is 0 Å². The Morgan fingerprint density at radius 3 is 2.45 bits per heavy atom. The molecule has 3 rings (SSSR count). The van der Waals surface area contributed by atoms with Gasteiger partial charge >= 0.3 is 5.97 Å². The maximum Gasteiger partial charge on any atom is 0.363 e. The van der Waals surface area contributed by atoms with Gasteiger partial charge in [-0.2, -0.15) is 0 Å². The molecule has 0 fully saturated rings. The first kappa shape index (κ1) is 13.1. The van der Waals surface area contributed by atoms with Crippen LogP contribution in [0, 0.1) is 3.57 Å². The van der Waals surface area contributed by atoms with Gasteiger partial charge in [0.2, 0.25) is 5.90 Å². The molecule has 0 bridgehead atoms. The molecule has 0 aliphatic carbocycles. The Balaban J connectivity index is 1.97. The number of rotatable bonds is 2. The summed E-state index contributed by atoms with van der Waals surface area (Å²) >= 11 is 2.23. The van der Waals surface area contributed by atoms with Crippen molar-refractivity contribution >= 4 is 40.5 Å². The minimum absolute atomic E-state index is 0.327. The first-order valence-electron chi connectivity index (χ1n) is 6.06. The number of aliphatic imine (C=N–C) groups is 1. The Kier molecular flexibility index (Phi) is 3.64. The van der Waals surface area contributed by atoms with Crippen LogP contribution in [0.1, 0.15) is 11.1 Å². The van der Waals surface area contributed by atoms with Crippen molar-refractivity contribution in [3.63, 3.8) is 0 Å². The number of cyclic esters (lactones) is 1. The standard InChI is InChI=1S/C16H10INO2/c17-13-9-5-4-8-12(13)10-14-16(19)20-15(18-14)11-6-2-1-3-7-11/h1-10H/b14-10+. The molecule has 0 N–H and O–H groups in total. The molecule has 1 aliphatic rings. The molecule has 0 saturated heterocycles. The SMILES string of the molecule is O=C1OC(c2ccccc2)=N/C1=C/c1ccccc1I. The van der Waals surface area contributed by atoms with Gasteiger partial charge in [-0.05, 0) is 52.4 Å². The van der Waals surface area contributed by atoms with Crippen LogP contribution >= 0.6 is 22.6 Å². The van der Waals surface area contributed by atoms with Crippen molar-refractivity contribution in [2.24, 2.45) is 4.99 Å². The van der Waals surface area contributed by atoms with Gasteiger partial charge in [-0.25, -0.2) is 9.79 Å². The number of carbonyl (C=O) groups excluding carboxylic acids is 1. The molecule has 1 heterocycles. The lowest BCUT2D eigenvalue weighted by Crippen LogP contribution is -2.04. The lowest BCUT2D eigenvalue weighted by molar-refractivity contribution is -0.129. The van der Waals surface area contributed by atoms with Crippen molar-refractivity contribution in [3.8, 4) is 0 Å². The summed E-state index contributed by atoms with van der Waals surface area (Å²) in [7, 11) is 0. The number of nitrogens with zero attached hydrogens (tertiary/aromatic N) is 1. The zero-order valence-electron chi connectivity index (χ0n) is 10.4. The summed E-state index contributed by atoms with van der Waals surface area (Å²) in [6, 6.07) is 17.2. The summed E-state index contributed by atoms with van der Waals surface area (Å²) in [5, 5.41) is 0. The van der Waals surface area contributed by atoms with Gasteiger partial charge in [0.05, 0.1) is 0 Å². The fourth-order valence-electron chi connectivity index (χ4n) is 1.85. The average Bonchev–Trinajstić information content (AvgIpc) is 2.84. The number of carbonyl (C=O) groups is 1. The van der Waals surface area contributed by atoms with E-state index in [9.17, 15) is 4.79 Å². The summed E-state index contributed by atoms with van der Waals surface area (Å²) in [5.74, 6) is -0.0590. The second kappa shape index (κ2) is 5.58. The maximum absolute atomic E-state index is 11.9. The van der Waals surface area contributed by atoms with Crippen LogP contribution in [0.15, 0.2) is 65.3 Å². The summed E-state index contributed by atoms with van der Waals surface area (Å²) in [4.78, 5) is 16.1. The van der Waals surface area contributed by atoms with E-state index in [1.165, 1.54) is 0 Å². The fraction of sp³-hybridized carbons (Fsp3) is 0. The largest absolute Gasteiger partial charge is 0.402 e. The monoisotopic (exact) mass is 375 g/mol. The molecule has 0 radical (unpaired) electrons. The molecule has 0 atom stereocenters. The molecule has 20 heavy (non-hydrogen) atoms. The summed E-state index contributed by atoms with van der Waals surface area (Å²) in [6.45, 7) is 0. The number of esters is 1. The zero-order chi connectivity index (χ0) is 13.9. The van der Waals surface area contributed by atoms with Gasteiger partial charge in [0, 0.05) is 9.13 Å². The van der Waals surface area contributed by atoms with Crippen molar-refractivity contribution in [2.45, 2.75) is 0 Å². The van der Waals surface area contributed by atoms with E-state index in [0.717, 1.165) is 14.7 Å². The molecule has 0 aromatic heterocycles. The quantitative estimate of drug-likeness (QED) is 0.457. The van der Waals surface area contributed by atoms with Crippen LogP contribution in [0.5, 0.6) is 0 Å². The minimum atomic E-state index is -0.413. The normalized spacial score (nSPS) is 16.1. The highest BCUT2D eigenvalue weighted by Crippen LogP contribution is 2.21. The van der Waals surface area contributed by atoms with E-state index in [2.05, 4.69) is 27.6 Å². The third-order valence-corrected chi connectivity index (χ3v) is 3.82.